The lowest BCUT2D eigenvalue weighted by Gasteiger charge is -1.98. The van der Waals surface area contributed by atoms with E-state index in [1.54, 1.807) is 0 Å². The van der Waals surface area contributed by atoms with Gasteiger partial charge in [-0.25, -0.2) is 15.2 Å². The molecule has 0 amide bonds. The summed E-state index contributed by atoms with van der Waals surface area (Å²) in [5, 5.41) is 0. The SMILES string of the molecule is NN/C(N)=N/C(N)=Nc1ccc(F)cc1. The molecule has 0 aromatic heterocycles. The summed E-state index contributed by atoms with van der Waals surface area (Å²) in [6.07, 6.45) is 0. The normalized spacial score (nSPS) is 12.7. The maximum atomic E-state index is 12.5. The molecular formula is C8H11FN6. The topological polar surface area (TPSA) is 115 Å². The van der Waals surface area contributed by atoms with Crippen LogP contribution in [-0.4, -0.2) is 11.9 Å². The van der Waals surface area contributed by atoms with E-state index in [2.05, 4.69) is 15.4 Å². The quantitative estimate of drug-likeness (QED) is 0.217. The van der Waals surface area contributed by atoms with Gasteiger partial charge in [0.2, 0.25) is 11.9 Å². The molecular weight excluding hydrogens is 199 g/mol. The number of hydrogen-bond donors (Lipinski definition) is 4. The number of nitrogens with one attached hydrogen (secondary N) is 1. The second kappa shape index (κ2) is 4.91. The Hall–Kier alpha value is -2.15. The monoisotopic (exact) mass is 210 g/mol. The standard InChI is InChI=1S/C8H11FN6/c9-5-1-3-6(4-2-5)13-7(10)14-8(11)15-12/h1-4H,12H2,(H5,10,11,13,14,15). The smallest absolute Gasteiger partial charge is 0.223 e. The zero-order valence-corrected chi connectivity index (χ0v) is 7.81. The number of hydrogen-bond acceptors (Lipinski definition) is 2. The Labute approximate surface area is 85.7 Å². The summed E-state index contributed by atoms with van der Waals surface area (Å²) in [6.45, 7) is 0. The van der Waals surface area contributed by atoms with Gasteiger partial charge in [-0.05, 0) is 24.3 Å². The Kier molecular flexibility index (Phi) is 3.58. The van der Waals surface area contributed by atoms with Crippen molar-refractivity contribution in [3.8, 4) is 0 Å². The van der Waals surface area contributed by atoms with E-state index in [4.69, 9.17) is 17.3 Å². The van der Waals surface area contributed by atoms with Gasteiger partial charge < -0.3 is 11.5 Å². The molecule has 1 rings (SSSR count). The predicted octanol–water partition coefficient (Wildman–Crippen LogP) is -0.450. The molecule has 7 N–H and O–H groups in total. The highest BCUT2D eigenvalue weighted by molar-refractivity contribution is 5.94. The maximum Gasteiger partial charge on any atom is 0.223 e. The summed E-state index contributed by atoms with van der Waals surface area (Å²) >= 11 is 0. The van der Waals surface area contributed by atoms with Crippen LogP contribution in [0.2, 0.25) is 0 Å². The number of benzene rings is 1. The van der Waals surface area contributed by atoms with Gasteiger partial charge >= 0.3 is 0 Å². The summed E-state index contributed by atoms with van der Waals surface area (Å²) in [5.41, 5.74) is 13.2. The van der Waals surface area contributed by atoms with Crippen molar-refractivity contribution in [2.24, 2.45) is 27.3 Å². The Morgan fingerprint density at radius 2 is 1.80 bits per heavy atom. The first kappa shape index (κ1) is 10.9. The van der Waals surface area contributed by atoms with Crippen LogP contribution in [0.4, 0.5) is 10.1 Å². The molecule has 0 saturated carbocycles. The van der Waals surface area contributed by atoms with Crippen LogP contribution in [0.1, 0.15) is 0 Å². The van der Waals surface area contributed by atoms with Crippen LogP contribution >= 0.6 is 0 Å². The van der Waals surface area contributed by atoms with E-state index in [1.165, 1.54) is 24.3 Å². The highest BCUT2D eigenvalue weighted by Crippen LogP contribution is 2.11. The van der Waals surface area contributed by atoms with Gasteiger partial charge in [0.05, 0.1) is 5.69 Å². The van der Waals surface area contributed by atoms with E-state index in [0.717, 1.165) is 0 Å². The van der Waals surface area contributed by atoms with Gasteiger partial charge in [-0.2, -0.15) is 4.99 Å². The molecule has 6 nitrogen and oxygen atoms in total. The van der Waals surface area contributed by atoms with Crippen LogP contribution in [-0.2, 0) is 0 Å². The molecule has 0 aliphatic rings. The highest BCUT2D eigenvalue weighted by atomic mass is 19.1. The fourth-order valence-electron chi connectivity index (χ4n) is 0.829. The van der Waals surface area contributed by atoms with Crippen LogP contribution in [0.5, 0.6) is 0 Å². The number of guanidine groups is 2. The molecule has 1 aromatic carbocycles. The predicted molar refractivity (Wildman–Crippen MR) is 56.6 cm³/mol. The van der Waals surface area contributed by atoms with Crippen LogP contribution in [0.15, 0.2) is 34.3 Å². The number of rotatable bonds is 1. The lowest BCUT2D eigenvalue weighted by Crippen LogP contribution is -2.38. The fraction of sp³-hybridized carbons (Fsp3) is 0. The number of hydrazine groups is 1. The Morgan fingerprint density at radius 3 is 2.33 bits per heavy atom. The second-order valence-electron chi connectivity index (χ2n) is 2.59. The van der Waals surface area contributed by atoms with Gasteiger partial charge in [0, 0.05) is 0 Å². The molecule has 80 valence electrons. The van der Waals surface area contributed by atoms with Gasteiger partial charge in [-0.3, -0.25) is 5.43 Å². The van der Waals surface area contributed by atoms with Crippen molar-refractivity contribution in [3.63, 3.8) is 0 Å². The van der Waals surface area contributed by atoms with Gasteiger partial charge in [0.1, 0.15) is 5.82 Å². The summed E-state index contributed by atoms with van der Waals surface area (Å²) in [4.78, 5) is 7.46. The zero-order valence-electron chi connectivity index (χ0n) is 7.81. The molecule has 0 atom stereocenters. The largest absolute Gasteiger partial charge is 0.368 e. The third-order valence-electron chi connectivity index (χ3n) is 1.45. The average molecular weight is 210 g/mol. The molecule has 0 saturated heterocycles. The van der Waals surface area contributed by atoms with Gasteiger partial charge in [-0.15, -0.1) is 0 Å². The number of nitrogens with two attached hydrogens (primary N) is 3. The molecule has 0 heterocycles. The number of halogens is 1. The molecule has 0 unspecified atom stereocenters. The van der Waals surface area contributed by atoms with E-state index < -0.39 is 0 Å². The van der Waals surface area contributed by atoms with Crippen molar-refractivity contribution in [1.29, 1.82) is 0 Å². The Morgan fingerprint density at radius 1 is 1.20 bits per heavy atom. The summed E-state index contributed by atoms with van der Waals surface area (Å²) < 4.78 is 12.5. The van der Waals surface area contributed by atoms with Crippen molar-refractivity contribution < 1.29 is 4.39 Å². The minimum atomic E-state index is -0.348. The molecule has 0 aliphatic heterocycles. The van der Waals surface area contributed by atoms with Gasteiger partial charge in [0.15, 0.2) is 0 Å². The van der Waals surface area contributed by atoms with E-state index in [1.807, 2.05) is 0 Å². The molecule has 0 aliphatic carbocycles. The Balaban J connectivity index is 2.83. The molecule has 0 bridgehead atoms. The molecule has 0 fully saturated rings. The van der Waals surface area contributed by atoms with E-state index in [9.17, 15) is 4.39 Å². The van der Waals surface area contributed by atoms with Crippen LogP contribution < -0.4 is 22.7 Å². The number of aliphatic imine (C=N–C) groups is 2. The third kappa shape index (κ3) is 3.61. The van der Waals surface area contributed by atoms with E-state index in [-0.39, 0.29) is 17.7 Å². The molecule has 7 heteroatoms. The van der Waals surface area contributed by atoms with Crippen molar-refractivity contribution in [1.82, 2.24) is 5.43 Å². The van der Waals surface area contributed by atoms with Crippen molar-refractivity contribution in [2.45, 2.75) is 0 Å². The third-order valence-corrected chi connectivity index (χ3v) is 1.45. The second-order valence-corrected chi connectivity index (χ2v) is 2.59. The summed E-state index contributed by atoms with van der Waals surface area (Å²) in [5.74, 6) is 4.49. The first-order chi connectivity index (χ1) is 7.11. The minimum absolute atomic E-state index is 0.0571. The van der Waals surface area contributed by atoms with Crippen LogP contribution in [0.25, 0.3) is 0 Å². The molecule has 0 radical (unpaired) electrons. The zero-order chi connectivity index (χ0) is 11.3. The molecule has 1 aromatic rings. The fourth-order valence-corrected chi connectivity index (χ4v) is 0.829. The van der Waals surface area contributed by atoms with Crippen LogP contribution in [0, 0.1) is 5.82 Å². The molecule has 0 spiro atoms. The first-order valence-electron chi connectivity index (χ1n) is 4.02. The highest BCUT2D eigenvalue weighted by Gasteiger charge is 1.94. The summed E-state index contributed by atoms with van der Waals surface area (Å²) in [6, 6.07) is 5.45. The Bertz CT molecular complexity index is 383. The van der Waals surface area contributed by atoms with Gasteiger partial charge in [0.25, 0.3) is 0 Å². The first-order valence-corrected chi connectivity index (χ1v) is 4.02. The molecule has 15 heavy (non-hydrogen) atoms. The minimum Gasteiger partial charge on any atom is -0.368 e. The lowest BCUT2D eigenvalue weighted by atomic mass is 10.3. The van der Waals surface area contributed by atoms with Crippen LogP contribution in [0.3, 0.4) is 0 Å². The maximum absolute atomic E-state index is 12.5. The van der Waals surface area contributed by atoms with Crippen molar-refractivity contribution in [2.75, 3.05) is 0 Å². The lowest BCUT2D eigenvalue weighted by molar-refractivity contribution is 0.628. The number of nitrogens with zero attached hydrogens (tertiary/aromatic N) is 2. The van der Waals surface area contributed by atoms with E-state index in [0.29, 0.717) is 5.69 Å². The van der Waals surface area contributed by atoms with Gasteiger partial charge in [-0.1, -0.05) is 0 Å². The average Bonchev–Trinajstić information content (AvgIpc) is 2.21. The van der Waals surface area contributed by atoms with Crippen molar-refractivity contribution in [3.05, 3.63) is 30.1 Å². The summed E-state index contributed by atoms with van der Waals surface area (Å²) in [7, 11) is 0. The van der Waals surface area contributed by atoms with E-state index >= 15 is 0 Å². The van der Waals surface area contributed by atoms with Crippen molar-refractivity contribution >= 4 is 17.6 Å².